The largest absolute Gasteiger partial charge is 0.481 e. The van der Waals surface area contributed by atoms with Crippen LogP contribution < -0.4 is 26.2 Å². The Morgan fingerprint density at radius 2 is 1.04 bits per heavy atom. The van der Waals surface area contributed by atoms with Gasteiger partial charge in [0, 0.05) is 110 Å². The molecule has 1 aromatic heterocycles. The first kappa shape index (κ1) is 66.4. The number of hydrogen-bond donors (Lipinski definition) is 11. The first-order valence-electron chi connectivity index (χ1n) is 27.8. The zero-order valence-electron chi connectivity index (χ0n) is 46.1. The Labute approximate surface area is 470 Å². The van der Waals surface area contributed by atoms with Gasteiger partial charge in [-0.05, 0) is 49.7 Å². The second-order valence-corrected chi connectivity index (χ2v) is 20.6. The molecule has 2 aliphatic rings. The van der Waals surface area contributed by atoms with Gasteiger partial charge in [-0.15, -0.1) is 0 Å². The van der Waals surface area contributed by atoms with Gasteiger partial charge in [-0.2, -0.15) is 15.0 Å². The minimum Gasteiger partial charge on any atom is -0.481 e. The number of benzene rings is 1. The summed E-state index contributed by atoms with van der Waals surface area (Å²) in [5, 5.41) is 77.7. The maximum Gasteiger partial charge on any atom is 0.326 e. The Balaban J connectivity index is 1.26. The minimum atomic E-state index is -1.50. The highest BCUT2D eigenvalue weighted by atomic mass is 16.4. The predicted octanol–water partition coefficient (Wildman–Crippen LogP) is 1.08. The number of carboxylic acid groups (broad SMARTS) is 7. The van der Waals surface area contributed by atoms with E-state index in [-0.39, 0.29) is 97.0 Å². The molecule has 3 heterocycles. The molecule has 450 valence electrons. The number of carbonyl (C=O) groups is 9. The number of Topliss-reactive ketones (excluding diaryl/α,β-unsaturated/α-hetero) is 1. The topological polar surface area (TPSA) is 398 Å². The molecule has 1 unspecified atom stereocenters. The van der Waals surface area contributed by atoms with Crippen molar-refractivity contribution in [1.82, 2.24) is 50.5 Å². The van der Waals surface area contributed by atoms with Gasteiger partial charge < -0.3 is 61.9 Å². The van der Waals surface area contributed by atoms with Crippen LogP contribution in [0.15, 0.2) is 24.3 Å². The van der Waals surface area contributed by atoms with Crippen LogP contribution in [-0.2, 0) is 51.2 Å². The third-order valence-corrected chi connectivity index (χ3v) is 14.0. The molecule has 4 rings (SSSR count). The SMILES string of the molecule is O=C(O)CC[C@H](NC(=O)N[C@@H](CCCCC(=O)CCCCCCCCCNc1nc(Cc2ccc(CC3CN(CC(=O)O)CCN(CC(=O)O)CCN(CC(=O)O)CCN3CC(=O)O)cc2)nc(N2CCNCC2)n1)C(=O)O)C(=O)O. The maximum atomic E-state index is 12.5. The summed E-state index contributed by atoms with van der Waals surface area (Å²) in [6.45, 7) is 3.66. The van der Waals surface area contributed by atoms with Crippen molar-refractivity contribution in [2.24, 2.45) is 0 Å². The number of aliphatic carboxylic acids is 7. The number of hydrogen-bond acceptors (Lipinski definition) is 19. The van der Waals surface area contributed by atoms with Crippen molar-refractivity contribution in [1.29, 1.82) is 0 Å². The number of urea groups is 1. The lowest BCUT2D eigenvalue weighted by molar-refractivity contribution is -0.142. The first-order chi connectivity index (χ1) is 38.7. The van der Waals surface area contributed by atoms with E-state index in [1.165, 1.54) is 0 Å². The summed E-state index contributed by atoms with van der Waals surface area (Å²) in [7, 11) is 0. The van der Waals surface area contributed by atoms with Crippen molar-refractivity contribution >= 4 is 65.5 Å². The van der Waals surface area contributed by atoms with Crippen molar-refractivity contribution in [3.63, 3.8) is 0 Å². The minimum absolute atomic E-state index is 0.0259. The van der Waals surface area contributed by atoms with E-state index in [2.05, 4.69) is 26.2 Å². The Morgan fingerprint density at radius 1 is 0.531 bits per heavy atom. The number of nitrogens with one attached hydrogen (secondary N) is 4. The summed E-state index contributed by atoms with van der Waals surface area (Å²) < 4.78 is 0. The summed E-state index contributed by atoms with van der Waals surface area (Å²) in [4.78, 5) is 130. The third-order valence-electron chi connectivity index (χ3n) is 14.0. The van der Waals surface area contributed by atoms with E-state index in [9.17, 15) is 73.8 Å². The van der Waals surface area contributed by atoms with Crippen LogP contribution in [0.1, 0.15) is 107 Å². The highest BCUT2D eigenvalue weighted by Crippen LogP contribution is 2.19. The number of piperazine rings is 1. The van der Waals surface area contributed by atoms with E-state index in [0.717, 1.165) is 82.3 Å². The number of carboxylic acids is 7. The summed E-state index contributed by atoms with van der Waals surface area (Å²) >= 11 is 0. The monoisotopic (exact) mass is 1140 g/mol. The van der Waals surface area contributed by atoms with Crippen molar-refractivity contribution in [2.75, 3.05) is 115 Å². The maximum absolute atomic E-state index is 12.5. The van der Waals surface area contributed by atoms with Gasteiger partial charge in [0.25, 0.3) is 0 Å². The molecular weight excluding hydrogens is 1060 g/mol. The number of unbranched alkanes of at least 4 members (excludes halogenated alkanes) is 7. The summed E-state index contributed by atoms with van der Waals surface area (Å²) in [5.41, 5.74) is 1.77. The van der Waals surface area contributed by atoms with Gasteiger partial charge in [-0.1, -0.05) is 62.8 Å². The fourth-order valence-corrected chi connectivity index (χ4v) is 9.64. The molecule has 28 heteroatoms. The lowest BCUT2D eigenvalue weighted by Crippen LogP contribution is -2.53. The first-order valence-corrected chi connectivity index (χ1v) is 27.8. The van der Waals surface area contributed by atoms with Crippen LogP contribution in [0.5, 0.6) is 0 Å². The van der Waals surface area contributed by atoms with Crippen LogP contribution in [0.4, 0.5) is 16.7 Å². The number of aromatic nitrogens is 3. The normalized spacial score (nSPS) is 16.9. The molecule has 2 aromatic rings. The van der Waals surface area contributed by atoms with Crippen LogP contribution in [0, 0.1) is 0 Å². The zero-order chi connectivity index (χ0) is 59.1. The molecule has 2 saturated heterocycles. The Hall–Kier alpha value is -7.14. The van der Waals surface area contributed by atoms with Crippen LogP contribution in [0.2, 0.25) is 0 Å². The molecule has 0 saturated carbocycles. The highest BCUT2D eigenvalue weighted by molar-refractivity contribution is 5.86. The molecule has 28 nitrogen and oxygen atoms in total. The molecule has 2 fully saturated rings. The molecule has 2 amide bonds. The lowest BCUT2D eigenvalue weighted by Gasteiger charge is -2.37. The number of nitrogens with zero attached hydrogens (tertiary/aromatic N) is 8. The van der Waals surface area contributed by atoms with Gasteiger partial charge in [0.15, 0.2) is 0 Å². The predicted molar refractivity (Wildman–Crippen MR) is 293 cm³/mol. The van der Waals surface area contributed by atoms with Crippen LogP contribution in [0.3, 0.4) is 0 Å². The number of amides is 2. The van der Waals surface area contributed by atoms with E-state index in [1.807, 2.05) is 24.3 Å². The lowest BCUT2D eigenvalue weighted by atomic mass is 10.0. The molecule has 0 spiro atoms. The molecule has 1 aromatic carbocycles. The number of carbonyl (C=O) groups excluding carboxylic acids is 2. The smallest absolute Gasteiger partial charge is 0.326 e. The van der Waals surface area contributed by atoms with Gasteiger partial charge >= 0.3 is 47.8 Å². The average molecular weight is 1140 g/mol. The van der Waals surface area contributed by atoms with Gasteiger partial charge in [-0.25, -0.2) is 14.4 Å². The van der Waals surface area contributed by atoms with Crippen LogP contribution in [0.25, 0.3) is 0 Å². The quantitative estimate of drug-likeness (QED) is 0.0425. The van der Waals surface area contributed by atoms with Gasteiger partial charge in [0.1, 0.15) is 23.7 Å². The van der Waals surface area contributed by atoms with Crippen molar-refractivity contribution in [3.05, 3.63) is 41.2 Å². The molecule has 11 N–H and O–H groups in total. The summed E-state index contributed by atoms with van der Waals surface area (Å²) in [5.74, 6) is -6.64. The molecule has 2 aliphatic heterocycles. The average Bonchev–Trinajstić information content (AvgIpc) is 3.40. The van der Waals surface area contributed by atoms with Crippen molar-refractivity contribution in [3.8, 4) is 0 Å². The Bertz CT molecular complexity index is 2360. The molecular formula is C53H82N12O16. The van der Waals surface area contributed by atoms with E-state index in [1.54, 1.807) is 19.6 Å². The van der Waals surface area contributed by atoms with Crippen molar-refractivity contribution < 1.29 is 78.9 Å². The van der Waals surface area contributed by atoms with E-state index in [0.29, 0.717) is 56.4 Å². The molecule has 0 bridgehead atoms. The molecule has 81 heavy (non-hydrogen) atoms. The van der Waals surface area contributed by atoms with E-state index < -0.39 is 72.4 Å². The number of ketones is 1. The van der Waals surface area contributed by atoms with Gasteiger partial charge in [0.2, 0.25) is 11.9 Å². The summed E-state index contributed by atoms with van der Waals surface area (Å²) in [6, 6.07) is 3.42. The fourth-order valence-electron chi connectivity index (χ4n) is 9.64. The Morgan fingerprint density at radius 3 is 1.60 bits per heavy atom. The highest BCUT2D eigenvalue weighted by Gasteiger charge is 2.29. The second-order valence-electron chi connectivity index (χ2n) is 20.6. The van der Waals surface area contributed by atoms with Crippen LogP contribution in [-0.4, -0.2) is 247 Å². The van der Waals surface area contributed by atoms with E-state index >= 15 is 0 Å². The standard InChI is InChI=1S/C53H82N12O16/c66-40(11-7-8-12-41(49(77)78)56-53(81)57-42(50(79)80)17-18-44(67)68)10-6-4-2-1-3-5-9-19-55-51-58-43(59-52(60-51)64-22-20-54-21-23-64)31-38-15-13-37(14-16-38)30-39-32-63(35-47(73)74)27-26-61(33-45(69)70)24-25-62(34-46(71)72)28-29-65(39)36-48(75)76/h13-16,39,41-42,54H,1-12,17-36H2,(H,67,68)(H,69,70)(H,71,72)(H,73,74)(H,75,76)(H,77,78)(H,79,80)(H2,56,57,81)(H,55,58,59,60)/t39?,41-,42-/m0/s1. The third kappa shape index (κ3) is 27.7. The molecule has 0 aliphatic carbocycles. The summed E-state index contributed by atoms with van der Waals surface area (Å²) in [6.07, 6.45) is 7.83. The number of rotatable bonds is 36. The second kappa shape index (κ2) is 36.3. The van der Waals surface area contributed by atoms with Gasteiger partial charge in [-0.3, -0.25) is 48.4 Å². The molecule has 3 atom stereocenters. The molecule has 0 radical (unpaired) electrons. The number of anilines is 2. The van der Waals surface area contributed by atoms with Crippen molar-refractivity contribution in [2.45, 2.75) is 121 Å². The Kier molecular flexibility index (Phi) is 29.7. The van der Waals surface area contributed by atoms with Crippen LogP contribution >= 0.6 is 0 Å². The fraction of sp³-hybridized carbons (Fsp3) is 0.660. The van der Waals surface area contributed by atoms with Gasteiger partial charge in [0.05, 0.1) is 26.2 Å². The zero-order valence-corrected chi connectivity index (χ0v) is 46.1. The van der Waals surface area contributed by atoms with E-state index in [4.69, 9.17) is 20.1 Å².